The Morgan fingerprint density at radius 2 is 2.00 bits per heavy atom. The van der Waals surface area contributed by atoms with Crippen molar-refractivity contribution in [2.45, 2.75) is 33.2 Å². The molecule has 1 aromatic carbocycles. The highest BCUT2D eigenvalue weighted by Crippen LogP contribution is 2.20. The van der Waals surface area contributed by atoms with Crippen molar-refractivity contribution < 1.29 is 18.3 Å². The molecule has 2 aromatic rings. The lowest BCUT2D eigenvalue weighted by molar-refractivity contribution is -0.134. The van der Waals surface area contributed by atoms with Crippen molar-refractivity contribution >= 4 is 5.91 Å². The van der Waals surface area contributed by atoms with Gasteiger partial charge in [0.2, 0.25) is 5.91 Å². The molecular formula is C18H23F2N3O2. The van der Waals surface area contributed by atoms with Gasteiger partial charge in [-0.2, -0.15) is 0 Å². The Morgan fingerprint density at radius 1 is 1.32 bits per heavy atom. The molecule has 25 heavy (non-hydrogen) atoms. The van der Waals surface area contributed by atoms with Crippen molar-refractivity contribution in [3.63, 3.8) is 0 Å². The Bertz CT molecular complexity index is 670. The first kappa shape index (κ1) is 19.1. The van der Waals surface area contributed by atoms with E-state index in [0.29, 0.717) is 0 Å². The van der Waals surface area contributed by atoms with Gasteiger partial charge in [0.15, 0.2) is 0 Å². The molecule has 1 amide bonds. The maximum absolute atomic E-state index is 12.4. The average molecular weight is 351 g/mol. The number of carbonyl (C=O) groups excluding carboxylic acids is 1. The monoisotopic (exact) mass is 351 g/mol. The summed E-state index contributed by atoms with van der Waals surface area (Å²) in [7, 11) is 0. The molecule has 136 valence electrons. The Balaban J connectivity index is 1.94. The predicted octanol–water partition coefficient (Wildman–Crippen LogP) is 3.36. The molecule has 0 unspecified atom stereocenters. The Hall–Kier alpha value is -2.28. The molecule has 1 heterocycles. The van der Waals surface area contributed by atoms with Gasteiger partial charge >= 0.3 is 0 Å². The summed E-state index contributed by atoms with van der Waals surface area (Å²) in [5, 5.41) is 2.90. The van der Waals surface area contributed by atoms with Crippen LogP contribution in [0.4, 0.5) is 8.78 Å². The zero-order valence-corrected chi connectivity index (χ0v) is 14.6. The molecule has 2 rings (SSSR count). The fourth-order valence-corrected chi connectivity index (χ4v) is 2.29. The summed E-state index contributed by atoms with van der Waals surface area (Å²) >= 11 is 0. The van der Waals surface area contributed by atoms with Gasteiger partial charge in [-0.15, -0.1) is 0 Å². The number of ether oxygens (including phenoxy) is 1. The molecule has 0 fully saturated rings. The van der Waals surface area contributed by atoms with Crippen LogP contribution in [0.1, 0.15) is 32.4 Å². The summed E-state index contributed by atoms with van der Waals surface area (Å²) in [6, 6.07) is 7.53. The standard InChI is InChI=1S/C18H23F2N3O2/c1-13(22-17(24)18(2,3)11-25-10-16(19)20)14-4-6-15(7-5-14)23-9-8-21-12-23/h4-9,12-13,16H,10-11H2,1-3H3,(H,22,24)/t13-/m0/s1. The van der Waals surface area contributed by atoms with Crippen molar-refractivity contribution in [3.8, 4) is 5.69 Å². The zero-order chi connectivity index (χ0) is 18.4. The third-order valence-corrected chi connectivity index (χ3v) is 3.86. The van der Waals surface area contributed by atoms with Crippen molar-refractivity contribution in [2.24, 2.45) is 5.41 Å². The third kappa shape index (κ3) is 5.35. The normalized spacial score (nSPS) is 13.0. The second-order valence-electron chi connectivity index (χ2n) is 6.55. The molecule has 1 atom stereocenters. The summed E-state index contributed by atoms with van der Waals surface area (Å²) in [4.78, 5) is 16.4. The molecule has 0 aliphatic heterocycles. The van der Waals surface area contributed by atoms with Crippen LogP contribution in [-0.4, -0.2) is 35.1 Å². The molecule has 0 spiro atoms. The van der Waals surface area contributed by atoms with Gasteiger partial charge in [0.1, 0.15) is 6.61 Å². The van der Waals surface area contributed by atoms with Gasteiger partial charge in [-0.05, 0) is 38.5 Å². The first-order valence-electron chi connectivity index (χ1n) is 8.05. The lowest BCUT2D eigenvalue weighted by Crippen LogP contribution is -2.41. The lowest BCUT2D eigenvalue weighted by Gasteiger charge is -2.26. The number of hydrogen-bond acceptors (Lipinski definition) is 3. The van der Waals surface area contributed by atoms with Gasteiger partial charge in [0, 0.05) is 18.1 Å². The molecule has 7 heteroatoms. The minimum absolute atomic E-state index is 0.0601. The second-order valence-corrected chi connectivity index (χ2v) is 6.55. The number of rotatable bonds is 8. The highest BCUT2D eigenvalue weighted by atomic mass is 19.3. The highest BCUT2D eigenvalue weighted by molar-refractivity contribution is 5.82. The molecule has 5 nitrogen and oxygen atoms in total. The van der Waals surface area contributed by atoms with Crippen LogP contribution in [0.5, 0.6) is 0 Å². The van der Waals surface area contributed by atoms with E-state index >= 15 is 0 Å². The maximum atomic E-state index is 12.4. The largest absolute Gasteiger partial charge is 0.374 e. The van der Waals surface area contributed by atoms with E-state index in [1.54, 1.807) is 26.4 Å². The first-order chi connectivity index (χ1) is 11.8. The van der Waals surface area contributed by atoms with Crippen LogP contribution >= 0.6 is 0 Å². The smallest absolute Gasteiger partial charge is 0.261 e. The summed E-state index contributed by atoms with van der Waals surface area (Å²) < 4.78 is 31.1. The van der Waals surface area contributed by atoms with Gasteiger partial charge < -0.3 is 14.6 Å². The van der Waals surface area contributed by atoms with E-state index in [1.165, 1.54) is 0 Å². The van der Waals surface area contributed by atoms with E-state index in [2.05, 4.69) is 10.3 Å². The number of halogens is 2. The number of alkyl halides is 2. The molecular weight excluding hydrogens is 328 g/mol. The number of hydrogen-bond donors (Lipinski definition) is 1. The van der Waals surface area contributed by atoms with Crippen LogP contribution in [-0.2, 0) is 9.53 Å². The second kappa shape index (κ2) is 8.20. The van der Waals surface area contributed by atoms with Crippen LogP contribution in [0.2, 0.25) is 0 Å². The highest BCUT2D eigenvalue weighted by Gasteiger charge is 2.29. The van der Waals surface area contributed by atoms with E-state index in [1.807, 2.05) is 42.0 Å². The van der Waals surface area contributed by atoms with E-state index < -0.39 is 18.4 Å². The number of benzene rings is 1. The zero-order valence-electron chi connectivity index (χ0n) is 14.6. The SMILES string of the molecule is C[C@H](NC(=O)C(C)(C)COCC(F)F)c1ccc(-n2ccnc2)cc1. The van der Waals surface area contributed by atoms with Crippen LogP contribution < -0.4 is 5.32 Å². The number of nitrogens with zero attached hydrogens (tertiary/aromatic N) is 2. The third-order valence-electron chi connectivity index (χ3n) is 3.86. The summed E-state index contributed by atoms with van der Waals surface area (Å²) in [6.07, 6.45) is 2.73. The number of amides is 1. The fraction of sp³-hybridized carbons (Fsp3) is 0.444. The summed E-state index contributed by atoms with van der Waals surface area (Å²) in [5.74, 6) is -0.243. The van der Waals surface area contributed by atoms with Crippen molar-refractivity contribution in [1.82, 2.24) is 14.9 Å². The molecule has 0 aliphatic rings. The molecule has 0 saturated carbocycles. The molecule has 0 radical (unpaired) electrons. The molecule has 1 N–H and O–H groups in total. The first-order valence-corrected chi connectivity index (χ1v) is 8.05. The molecule has 0 aliphatic carbocycles. The number of imidazole rings is 1. The van der Waals surface area contributed by atoms with E-state index in [9.17, 15) is 13.6 Å². The van der Waals surface area contributed by atoms with Crippen LogP contribution in [0, 0.1) is 5.41 Å². The van der Waals surface area contributed by atoms with Gasteiger partial charge in [0.25, 0.3) is 6.43 Å². The van der Waals surface area contributed by atoms with Crippen molar-refractivity contribution in [2.75, 3.05) is 13.2 Å². The summed E-state index contributed by atoms with van der Waals surface area (Å²) in [5.41, 5.74) is 1.03. The van der Waals surface area contributed by atoms with Crippen LogP contribution in [0.3, 0.4) is 0 Å². The molecule has 0 bridgehead atoms. The van der Waals surface area contributed by atoms with Crippen LogP contribution in [0.25, 0.3) is 5.69 Å². The fourth-order valence-electron chi connectivity index (χ4n) is 2.29. The van der Waals surface area contributed by atoms with Gasteiger partial charge in [0.05, 0.1) is 24.4 Å². The van der Waals surface area contributed by atoms with E-state index in [-0.39, 0.29) is 18.6 Å². The van der Waals surface area contributed by atoms with Gasteiger partial charge in [-0.1, -0.05) is 12.1 Å². The maximum Gasteiger partial charge on any atom is 0.261 e. The van der Waals surface area contributed by atoms with Gasteiger partial charge in [-0.3, -0.25) is 4.79 Å². The minimum atomic E-state index is -2.54. The quantitative estimate of drug-likeness (QED) is 0.793. The Labute approximate surface area is 146 Å². The Morgan fingerprint density at radius 3 is 2.56 bits per heavy atom. The predicted molar refractivity (Wildman–Crippen MR) is 90.7 cm³/mol. The van der Waals surface area contributed by atoms with Crippen molar-refractivity contribution in [3.05, 3.63) is 48.5 Å². The lowest BCUT2D eigenvalue weighted by atomic mass is 9.92. The van der Waals surface area contributed by atoms with E-state index in [4.69, 9.17) is 4.74 Å². The average Bonchev–Trinajstić information content (AvgIpc) is 3.08. The molecule has 0 saturated heterocycles. The number of nitrogens with one attached hydrogen (secondary N) is 1. The summed E-state index contributed by atoms with van der Waals surface area (Å²) in [6.45, 7) is 4.49. The van der Waals surface area contributed by atoms with Crippen molar-refractivity contribution in [1.29, 1.82) is 0 Å². The molecule has 1 aromatic heterocycles. The minimum Gasteiger partial charge on any atom is -0.374 e. The van der Waals surface area contributed by atoms with Crippen LogP contribution in [0.15, 0.2) is 43.0 Å². The number of aromatic nitrogens is 2. The Kier molecular flexibility index (Phi) is 6.25. The topological polar surface area (TPSA) is 56.1 Å². The number of carbonyl (C=O) groups is 1. The van der Waals surface area contributed by atoms with E-state index in [0.717, 1.165) is 11.3 Å². The van der Waals surface area contributed by atoms with Gasteiger partial charge in [-0.25, -0.2) is 13.8 Å².